The number of carbonyl (C=O) groups excluding carboxylic acids is 1. The molecule has 1 amide bonds. The molecule has 0 unspecified atom stereocenters. The minimum atomic E-state index is 0.0921. The molecule has 1 aliphatic carbocycles. The highest BCUT2D eigenvalue weighted by Crippen LogP contribution is 2.19. The van der Waals surface area contributed by atoms with Gasteiger partial charge in [0.25, 0.3) is 0 Å². The first kappa shape index (κ1) is 16.8. The predicted molar refractivity (Wildman–Crippen MR) is 92.2 cm³/mol. The van der Waals surface area contributed by atoms with Crippen molar-refractivity contribution in [2.45, 2.75) is 57.7 Å². The number of hydrogen-bond donors (Lipinski definition) is 2. The number of para-hydroxylation sites is 1. The summed E-state index contributed by atoms with van der Waals surface area (Å²) in [7, 11) is 2.15. The van der Waals surface area contributed by atoms with Gasteiger partial charge in [0.05, 0.1) is 0 Å². The van der Waals surface area contributed by atoms with Gasteiger partial charge in [0.1, 0.15) is 0 Å². The fourth-order valence-corrected chi connectivity index (χ4v) is 3.12. The van der Waals surface area contributed by atoms with Gasteiger partial charge in [-0.05, 0) is 44.7 Å². The molecule has 1 saturated carbocycles. The van der Waals surface area contributed by atoms with Crippen LogP contribution in [0.15, 0.2) is 30.3 Å². The Morgan fingerprint density at radius 2 is 1.77 bits per heavy atom. The number of likely N-dealkylation sites (N-methyl/N-ethyl adjacent to an activating group) is 1. The van der Waals surface area contributed by atoms with E-state index in [1.54, 1.807) is 6.92 Å². The zero-order valence-electron chi connectivity index (χ0n) is 14.0. The molecule has 1 fully saturated rings. The molecule has 2 rings (SSSR count). The Kier molecular flexibility index (Phi) is 6.25. The maximum atomic E-state index is 11.1. The Labute approximate surface area is 134 Å². The van der Waals surface area contributed by atoms with E-state index in [-0.39, 0.29) is 5.91 Å². The van der Waals surface area contributed by atoms with Gasteiger partial charge in [0, 0.05) is 44.3 Å². The quantitative estimate of drug-likeness (QED) is 0.849. The molecule has 0 aliphatic heterocycles. The molecule has 0 spiro atoms. The number of amides is 1. The SMILES string of the molecule is CC(=O)NC1CCC(NC[C@@H](C)N(C)c2ccccc2)CC1. The van der Waals surface area contributed by atoms with Gasteiger partial charge in [-0.15, -0.1) is 0 Å². The number of nitrogens with zero attached hydrogens (tertiary/aromatic N) is 1. The third kappa shape index (κ3) is 5.02. The van der Waals surface area contributed by atoms with Gasteiger partial charge in [0.2, 0.25) is 5.91 Å². The van der Waals surface area contributed by atoms with E-state index in [9.17, 15) is 4.79 Å². The maximum absolute atomic E-state index is 11.1. The number of hydrogen-bond acceptors (Lipinski definition) is 3. The van der Waals surface area contributed by atoms with Crippen molar-refractivity contribution in [3.63, 3.8) is 0 Å². The lowest BCUT2D eigenvalue weighted by Crippen LogP contribution is -2.45. The Morgan fingerprint density at radius 1 is 1.18 bits per heavy atom. The van der Waals surface area contributed by atoms with Gasteiger partial charge in [-0.1, -0.05) is 18.2 Å². The van der Waals surface area contributed by atoms with Crippen molar-refractivity contribution in [2.24, 2.45) is 0 Å². The molecule has 4 heteroatoms. The van der Waals surface area contributed by atoms with Crippen LogP contribution < -0.4 is 15.5 Å². The lowest BCUT2D eigenvalue weighted by molar-refractivity contribution is -0.119. The topological polar surface area (TPSA) is 44.4 Å². The molecular weight excluding hydrogens is 274 g/mol. The normalized spacial score (nSPS) is 22.9. The molecule has 22 heavy (non-hydrogen) atoms. The molecule has 0 radical (unpaired) electrons. The van der Waals surface area contributed by atoms with Crippen molar-refractivity contribution >= 4 is 11.6 Å². The second-order valence-electron chi connectivity index (χ2n) is 6.45. The van der Waals surface area contributed by atoms with Gasteiger partial charge in [0.15, 0.2) is 0 Å². The third-order valence-corrected chi connectivity index (χ3v) is 4.66. The van der Waals surface area contributed by atoms with Crippen molar-refractivity contribution < 1.29 is 4.79 Å². The molecule has 0 saturated heterocycles. The first-order valence-electron chi connectivity index (χ1n) is 8.34. The predicted octanol–water partition coefficient (Wildman–Crippen LogP) is 2.55. The first-order valence-corrected chi connectivity index (χ1v) is 8.34. The highest BCUT2D eigenvalue weighted by molar-refractivity contribution is 5.73. The largest absolute Gasteiger partial charge is 0.371 e. The summed E-state index contributed by atoms with van der Waals surface area (Å²) in [4.78, 5) is 13.4. The third-order valence-electron chi connectivity index (χ3n) is 4.66. The average Bonchev–Trinajstić information content (AvgIpc) is 2.53. The van der Waals surface area contributed by atoms with Crippen LogP contribution >= 0.6 is 0 Å². The molecule has 1 aliphatic rings. The Balaban J connectivity index is 1.71. The molecule has 0 bridgehead atoms. The molecule has 0 heterocycles. The van der Waals surface area contributed by atoms with Gasteiger partial charge >= 0.3 is 0 Å². The summed E-state index contributed by atoms with van der Waals surface area (Å²) in [5, 5.41) is 6.72. The minimum Gasteiger partial charge on any atom is -0.371 e. The number of nitrogens with one attached hydrogen (secondary N) is 2. The van der Waals surface area contributed by atoms with Gasteiger partial charge in [-0.3, -0.25) is 4.79 Å². The lowest BCUT2D eigenvalue weighted by atomic mass is 9.91. The summed E-state index contributed by atoms with van der Waals surface area (Å²) in [5.74, 6) is 0.0921. The standard InChI is InChI=1S/C18H29N3O/c1-14(21(3)18-7-5-4-6-8-18)13-19-16-9-11-17(12-10-16)20-15(2)22/h4-8,14,16-17,19H,9-13H2,1-3H3,(H,20,22)/t14-,16?,17?/m1/s1. The summed E-state index contributed by atoms with van der Waals surface area (Å²) in [6.07, 6.45) is 4.46. The van der Waals surface area contributed by atoms with Crippen molar-refractivity contribution in [1.82, 2.24) is 10.6 Å². The van der Waals surface area contributed by atoms with Crippen LogP contribution in [0, 0.1) is 0 Å². The van der Waals surface area contributed by atoms with E-state index in [4.69, 9.17) is 0 Å². The fraction of sp³-hybridized carbons (Fsp3) is 0.611. The van der Waals surface area contributed by atoms with Gasteiger partial charge in [-0.2, -0.15) is 0 Å². The Hall–Kier alpha value is -1.55. The Morgan fingerprint density at radius 3 is 2.36 bits per heavy atom. The van der Waals surface area contributed by atoms with Crippen molar-refractivity contribution in [3.05, 3.63) is 30.3 Å². The molecule has 1 aromatic rings. The summed E-state index contributed by atoms with van der Waals surface area (Å²) in [5.41, 5.74) is 1.26. The zero-order chi connectivity index (χ0) is 15.9. The second kappa shape index (κ2) is 8.18. The van der Waals surface area contributed by atoms with E-state index in [1.807, 2.05) is 6.07 Å². The van der Waals surface area contributed by atoms with E-state index in [1.165, 1.54) is 5.69 Å². The van der Waals surface area contributed by atoms with E-state index >= 15 is 0 Å². The highest BCUT2D eigenvalue weighted by atomic mass is 16.1. The number of anilines is 1. The van der Waals surface area contributed by atoms with Crippen LogP contribution in [-0.2, 0) is 4.79 Å². The van der Waals surface area contributed by atoms with Crippen LogP contribution in [0.2, 0.25) is 0 Å². The lowest BCUT2D eigenvalue weighted by Gasteiger charge is -2.32. The maximum Gasteiger partial charge on any atom is 0.217 e. The van der Waals surface area contributed by atoms with Gasteiger partial charge in [-0.25, -0.2) is 0 Å². The van der Waals surface area contributed by atoms with E-state index in [0.717, 1.165) is 32.2 Å². The Bertz CT molecular complexity index is 455. The van der Waals surface area contributed by atoms with E-state index < -0.39 is 0 Å². The van der Waals surface area contributed by atoms with Crippen LogP contribution in [0.4, 0.5) is 5.69 Å². The molecular formula is C18H29N3O. The second-order valence-corrected chi connectivity index (χ2v) is 6.45. The first-order chi connectivity index (χ1) is 10.6. The fourth-order valence-electron chi connectivity index (χ4n) is 3.12. The molecule has 122 valence electrons. The number of carbonyl (C=O) groups is 1. The molecule has 1 atom stereocenters. The zero-order valence-corrected chi connectivity index (χ0v) is 14.0. The molecule has 1 aromatic carbocycles. The van der Waals surface area contributed by atoms with Crippen LogP contribution in [-0.4, -0.2) is 37.6 Å². The monoisotopic (exact) mass is 303 g/mol. The summed E-state index contributed by atoms with van der Waals surface area (Å²) >= 11 is 0. The number of benzene rings is 1. The van der Waals surface area contributed by atoms with Crippen LogP contribution in [0.5, 0.6) is 0 Å². The number of rotatable bonds is 6. The van der Waals surface area contributed by atoms with E-state index in [2.05, 4.69) is 53.8 Å². The smallest absolute Gasteiger partial charge is 0.217 e. The summed E-state index contributed by atoms with van der Waals surface area (Å²) in [6, 6.07) is 11.9. The van der Waals surface area contributed by atoms with Crippen LogP contribution in [0.1, 0.15) is 39.5 Å². The minimum absolute atomic E-state index is 0.0921. The van der Waals surface area contributed by atoms with Gasteiger partial charge < -0.3 is 15.5 Å². The molecule has 2 N–H and O–H groups in total. The summed E-state index contributed by atoms with van der Waals surface area (Å²) < 4.78 is 0. The van der Waals surface area contributed by atoms with Crippen molar-refractivity contribution in [2.75, 3.05) is 18.5 Å². The van der Waals surface area contributed by atoms with Crippen LogP contribution in [0.3, 0.4) is 0 Å². The van der Waals surface area contributed by atoms with Crippen molar-refractivity contribution in [3.8, 4) is 0 Å². The highest BCUT2D eigenvalue weighted by Gasteiger charge is 2.22. The van der Waals surface area contributed by atoms with Crippen molar-refractivity contribution in [1.29, 1.82) is 0 Å². The molecule has 4 nitrogen and oxygen atoms in total. The average molecular weight is 303 g/mol. The van der Waals surface area contributed by atoms with Crippen LogP contribution in [0.25, 0.3) is 0 Å². The summed E-state index contributed by atoms with van der Waals surface area (Å²) in [6.45, 7) is 4.84. The van der Waals surface area contributed by atoms with E-state index in [0.29, 0.717) is 18.1 Å². The molecule has 0 aromatic heterocycles.